The second kappa shape index (κ2) is 7.05. The average molecular weight is 398 g/mol. The summed E-state index contributed by atoms with van der Waals surface area (Å²) in [5.74, 6) is -0.501. The number of hydrogen-bond acceptors (Lipinski definition) is 5. The molecule has 7 heteroatoms. The maximum absolute atomic E-state index is 13.2. The van der Waals surface area contributed by atoms with Crippen LogP contribution in [-0.2, 0) is 21.2 Å². The molecule has 1 saturated heterocycles. The molecule has 0 aromatic heterocycles. The Bertz CT molecular complexity index is 1070. The number of amides is 1. The Hall–Kier alpha value is -2.67. The van der Waals surface area contributed by atoms with Gasteiger partial charge in [-0.1, -0.05) is 30.3 Å². The van der Waals surface area contributed by atoms with Gasteiger partial charge in [0.05, 0.1) is 17.1 Å². The summed E-state index contributed by atoms with van der Waals surface area (Å²) >= 11 is 0. The highest BCUT2D eigenvalue weighted by molar-refractivity contribution is 8.08. The topological polar surface area (TPSA) is 70.1 Å². The highest BCUT2D eigenvalue weighted by atomic mass is 32.2. The van der Waals surface area contributed by atoms with E-state index in [4.69, 9.17) is 0 Å². The van der Waals surface area contributed by atoms with E-state index >= 15 is 0 Å². The van der Waals surface area contributed by atoms with Crippen LogP contribution in [0, 0.1) is 13.8 Å². The van der Waals surface area contributed by atoms with Gasteiger partial charge in [0.25, 0.3) is 5.91 Å². The maximum atomic E-state index is 13.2. The van der Waals surface area contributed by atoms with Crippen LogP contribution in [0.3, 0.4) is 0 Å². The first kappa shape index (κ1) is 18.7. The van der Waals surface area contributed by atoms with Crippen LogP contribution in [-0.4, -0.2) is 37.4 Å². The van der Waals surface area contributed by atoms with Crippen LogP contribution in [0.25, 0.3) is 0 Å². The summed E-state index contributed by atoms with van der Waals surface area (Å²) in [6, 6.07) is 13.1. The molecular formula is C21H23N3O3S. The normalized spacial score (nSPS) is 18.0. The SMILES string of the molecule is Cc1ccc2c(c1)N(Cc1ccccc1C)N=C(C(=O)N1CCCC1)S2(=O)=O. The molecule has 0 atom stereocenters. The predicted octanol–water partition coefficient (Wildman–Crippen LogP) is 3.03. The Morgan fingerprint density at radius 1 is 1.07 bits per heavy atom. The van der Waals surface area contributed by atoms with Gasteiger partial charge in [0.1, 0.15) is 0 Å². The molecule has 0 saturated carbocycles. The predicted molar refractivity (Wildman–Crippen MR) is 109 cm³/mol. The lowest BCUT2D eigenvalue weighted by Crippen LogP contribution is -2.42. The molecule has 4 rings (SSSR count). The summed E-state index contributed by atoms with van der Waals surface area (Å²) in [7, 11) is -3.95. The van der Waals surface area contributed by atoms with E-state index < -0.39 is 15.7 Å². The van der Waals surface area contributed by atoms with Crippen LogP contribution in [0.5, 0.6) is 0 Å². The lowest BCUT2D eigenvalue weighted by Gasteiger charge is -2.29. The third-order valence-corrected chi connectivity index (χ3v) is 7.00. The van der Waals surface area contributed by atoms with Crippen LogP contribution >= 0.6 is 0 Å². The van der Waals surface area contributed by atoms with Crippen molar-refractivity contribution in [1.82, 2.24) is 4.90 Å². The molecule has 0 bridgehead atoms. The summed E-state index contributed by atoms with van der Waals surface area (Å²) in [5.41, 5.74) is 3.58. The molecule has 146 valence electrons. The van der Waals surface area contributed by atoms with Crippen LogP contribution < -0.4 is 5.01 Å². The smallest absolute Gasteiger partial charge is 0.286 e. The number of carbonyl (C=O) groups excluding carboxylic acids is 1. The number of nitrogens with zero attached hydrogens (tertiary/aromatic N) is 3. The number of rotatable bonds is 3. The van der Waals surface area contributed by atoms with E-state index in [2.05, 4.69) is 5.10 Å². The Labute approximate surface area is 165 Å². The molecule has 0 spiro atoms. The zero-order valence-electron chi connectivity index (χ0n) is 16.1. The van der Waals surface area contributed by atoms with Gasteiger partial charge in [0.15, 0.2) is 0 Å². The quantitative estimate of drug-likeness (QED) is 0.798. The number of anilines is 1. The van der Waals surface area contributed by atoms with Gasteiger partial charge in [0, 0.05) is 13.1 Å². The van der Waals surface area contributed by atoms with Crippen molar-refractivity contribution in [2.24, 2.45) is 5.10 Å². The van der Waals surface area contributed by atoms with Crippen LogP contribution in [0.4, 0.5) is 5.69 Å². The summed E-state index contributed by atoms with van der Waals surface area (Å²) in [6.07, 6.45) is 1.78. The van der Waals surface area contributed by atoms with E-state index in [1.54, 1.807) is 22.0 Å². The zero-order chi connectivity index (χ0) is 19.9. The van der Waals surface area contributed by atoms with Gasteiger partial charge in [-0.25, -0.2) is 8.42 Å². The zero-order valence-corrected chi connectivity index (χ0v) is 16.9. The molecule has 2 aromatic rings. The molecule has 6 nitrogen and oxygen atoms in total. The van der Waals surface area contributed by atoms with E-state index in [0.29, 0.717) is 25.3 Å². The second-order valence-electron chi connectivity index (χ2n) is 7.36. The maximum Gasteiger partial charge on any atom is 0.286 e. The van der Waals surface area contributed by atoms with Crippen molar-refractivity contribution in [2.45, 2.75) is 38.1 Å². The molecule has 2 aromatic carbocycles. The fraction of sp³-hybridized carbons (Fsp3) is 0.333. The summed E-state index contributed by atoms with van der Waals surface area (Å²) < 4.78 is 26.3. The minimum atomic E-state index is -3.95. The van der Waals surface area contributed by atoms with Gasteiger partial charge in [-0.2, -0.15) is 5.10 Å². The first-order valence-corrected chi connectivity index (χ1v) is 10.9. The molecule has 0 N–H and O–H groups in total. The van der Waals surface area contributed by atoms with Crippen molar-refractivity contribution in [2.75, 3.05) is 18.1 Å². The first-order chi connectivity index (χ1) is 13.4. The lowest BCUT2D eigenvalue weighted by molar-refractivity contribution is -0.122. The molecule has 0 radical (unpaired) electrons. The number of likely N-dealkylation sites (tertiary alicyclic amines) is 1. The highest BCUT2D eigenvalue weighted by Crippen LogP contribution is 2.34. The molecule has 1 amide bonds. The van der Waals surface area contributed by atoms with Crippen molar-refractivity contribution in [3.05, 3.63) is 59.2 Å². The minimum absolute atomic E-state index is 0.143. The van der Waals surface area contributed by atoms with Crippen molar-refractivity contribution in [1.29, 1.82) is 0 Å². The number of aryl methyl sites for hydroxylation is 2. The fourth-order valence-corrected chi connectivity index (χ4v) is 5.12. The molecule has 2 aliphatic rings. The Morgan fingerprint density at radius 2 is 1.79 bits per heavy atom. The van der Waals surface area contributed by atoms with Gasteiger partial charge < -0.3 is 4.90 Å². The fourth-order valence-electron chi connectivity index (χ4n) is 3.66. The minimum Gasteiger partial charge on any atom is -0.337 e. The number of carbonyl (C=O) groups is 1. The first-order valence-electron chi connectivity index (χ1n) is 9.43. The van der Waals surface area contributed by atoms with Crippen molar-refractivity contribution >= 4 is 26.5 Å². The average Bonchev–Trinajstić information content (AvgIpc) is 3.19. The molecule has 28 heavy (non-hydrogen) atoms. The van der Waals surface area contributed by atoms with Gasteiger partial charge >= 0.3 is 0 Å². The van der Waals surface area contributed by atoms with E-state index in [0.717, 1.165) is 29.5 Å². The number of benzene rings is 2. The van der Waals surface area contributed by atoms with Gasteiger partial charge in [-0.05, 0) is 55.5 Å². The monoisotopic (exact) mass is 397 g/mol. The van der Waals surface area contributed by atoms with E-state index in [9.17, 15) is 13.2 Å². The largest absolute Gasteiger partial charge is 0.337 e. The Balaban J connectivity index is 1.82. The number of sulfone groups is 1. The Kier molecular flexibility index (Phi) is 4.71. The standard InChI is InChI=1S/C21H23N3O3S/c1-15-9-10-19-18(13-15)24(14-17-8-4-3-7-16(17)2)22-20(28(19,26)27)21(25)23-11-5-6-12-23/h3-4,7-10,13H,5-6,11-12,14H2,1-2H3. The van der Waals surface area contributed by atoms with Crippen LogP contribution in [0.15, 0.2) is 52.5 Å². The second-order valence-corrected chi connectivity index (χ2v) is 9.20. The molecule has 0 aliphatic carbocycles. The van der Waals surface area contributed by atoms with Gasteiger partial charge in [-0.15, -0.1) is 0 Å². The molecular weight excluding hydrogens is 374 g/mol. The summed E-state index contributed by atoms with van der Waals surface area (Å²) in [4.78, 5) is 14.7. The number of hydrazone groups is 1. The van der Waals surface area contributed by atoms with E-state index in [-0.39, 0.29) is 9.94 Å². The van der Waals surface area contributed by atoms with E-state index in [1.165, 1.54) is 0 Å². The third-order valence-electron chi connectivity index (χ3n) is 5.31. The van der Waals surface area contributed by atoms with Crippen LogP contribution in [0.1, 0.15) is 29.5 Å². The van der Waals surface area contributed by atoms with Crippen molar-refractivity contribution < 1.29 is 13.2 Å². The Morgan fingerprint density at radius 3 is 2.50 bits per heavy atom. The third kappa shape index (κ3) is 3.20. The molecule has 1 fully saturated rings. The molecule has 2 heterocycles. The van der Waals surface area contributed by atoms with Crippen LogP contribution in [0.2, 0.25) is 0 Å². The van der Waals surface area contributed by atoms with Crippen molar-refractivity contribution in [3.63, 3.8) is 0 Å². The number of hydrogen-bond donors (Lipinski definition) is 0. The van der Waals surface area contributed by atoms with Gasteiger partial charge in [-0.3, -0.25) is 9.80 Å². The summed E-state index contributed by atoms with van der Waals surface area (Å²) in [6.45, 7) is 5.47. The molecule has 0 unspecified atom stereocenters. The van der Waals surface area contributed by atoms with E-state index in [1.807, 2.05) is 44.2 Å². The number of fused-ring (bicyclic) bond motifs is 1. The van der Waals surface area contributed by atoms with Gasteiger partial charge in [0.2, 0.25) is 14.9 Å². The summed E-state index contributed by atoms with van der Waals surface area (Å²) in [5, 5.41) is 5.64. The van der Waals surface area contributed by atoms with Crippen molar-refractivity contribution in [3.8, 4) is 0 Å². The lowest BCUT2D eigenvalue weighted by atomic mass is 10.1. The highest BCUT2D eigenvalue weighted by Gasteiger charge is 2.40. The molecule has 2 aliphatic heterocycles.